The predicted molar refractivity (Wildman–Crippen MR) is 64.3 cm³/mol. The van der Waals surface area contributed by atoms with Crippen molar-refractivity contribution in [3.63, 3.8) is 0 Å². The molecule has 0 aliphatic heterocycles. The molecule has 0 amide bonds. The third-order valence-electron chi connectivity index (χ3n) is 1.91. The quantitative estimate of drug-likeness (QED) is 0.449. The molecule has 10 heteroatoms. The average molecular weight is 338 g/mol. The molecule has 0 aliphatic rings. The van der Waals surface area contributed by atoms with Crippen molar-refractivity contribution in [2.45, 2.75) is 30.5 Å². The Morgan fingerprint density at radius 1 is 0.900 bits per heavy atom. The number of benzene rings is 1. The molecule has 0 N–H and O–H groups in total. The normalized spacial score (nSPS) is 14.4. The Bertz CT molecular complexity index is 434. The zero-order valence-electron chi connectivity index (χ0n) is 9.48. The first-order chi connectivity index (χ1) is 9.36. The number of hydrogen-bond donors (Lipinski definition) is 1. The summed E-state index contributed by atoms with van der Waals surface area (Å²) in [5, 5.41) is 0. The summed E-state index contributed by atoms with van der Waals surface area (Å²) in [4.78, 5) is 0.00981. The van der Waals surface area contributed by atoms with Gasteiger partial charge >= 0.3 is 12.9 Å². The van der Waals surface area contributed by atoms with E-state index in [1.807, 2.05) is 0 Å². The maximum atomic E-state index is 12.9. The van der Waals surface area contributed by atoms with Crippen molar-refractivity contribution in [1.82, 2.24) is 0 Å². The number of para-hydroxylation sites is 1. The van der Waals surface area contributed by atoms with Crippen LogP contribution in [0.5, 0.6) is 11.5 Å². The molecule has 0 fully saturated rings. The van der Waals surface area contributed by atoms with Crippen LogP contribution in [0.1, 0.15) is 0 Å². The summed E-state index contributed by atoms with van der Waals surface area (Å²) in [5.74, 6) is -1.25. The molecule has 20 heavy (non-hydrogen) atoms. The van der Waals surface area contributed by atoms with Crippen molar-refractivity contribution >= 4 is 22.5 Å². The van der Waals surface area contributed by atoms with Gasteiger partial charge < -0.3 is 9.47 Å². The maximum Gasteiger partial charge on any atom is 0.304 e. The van der Waals surface area contributed by atoms with Gasteiger partial charge in [-0.05, 0) is 12.1 Å². The Kier molecular flexibility index (Phi) is 6.66. The first-order valence-electron chi connectivity index (χ1n) is 4.99. The summed E-state index contributed by atoms with van der Waals surface area (Å²) in [6.45, 7) is 0. The van der Waals surface area contributed by atoms with E-state index in [4.69, 9.17) is 0 Å². The van der Waals surface area contributed by atoms with Crippen LogP contribution in [-0.4, -0.2) is 25.6 Å². The van der Waals surface area contributed by atoms with Crippen molar-refractivity contribution in [3.05, 3.63) is 18.2 Å². The molecular formula is C10H8F6O2S2. The van der Waals surface area contributed by atoms with Crippen LogP contribution in [0.3, 0.4) is 0 Å². The molecule has 0 aliphatic carbocycles. The van der Waals surface area contributed by atoms with E-state index in [9.17, 15) is 26.3 Å². The van der Waals surface area contributed by atoms with Gasteiger partial charge in [0.1, 0.15) is 0 Å². The van der Waals surface area contributed by atoms with Crippen LogP contribution in [0.15, 0.2) is 23.1 Å². The van der Waals surface area contributed by atoms with Gasteiger partial charge in [-0.1, -0.05) is 16.9 Å². The van der Waals surface area contributed by atoms with Crippen LogP contribution in [0.4, 0.5) is 26.3 Å². The summed E-state index contributed by atoms with van der Waals surface area (Å²) < 4.78 is 82.6. The molecule has 1 aromatic carbocycles. The number of ether oxygens (including phenoxy) is 2. The van der Waals surface area contributed by atoms with E-state index in [2.05, 4.69) is 21.1 Å². The zero-order chi connectivity index (χ0) is 15.3. The largest absolute Gasteiger partial charge is 0.450 e. The Morgan fingerprint density at radius 2 is 1.45 bits per heavy atom. The molecule has 0 heterocycles. The van der Waals surface area contributed by atoms with Crippen LogP contribution < -0.4 is 9.47 Å². The van der Waals surface area contributed by atoms with Crippen LogP contribution in [0.2, 0.25) is 0 Å². The molecule has 0 radical (unpaired) electrons. The molecule has 0 saturated heterocycles. The third kappa shape index (κ3) is 4.58. The minimum Gasteiger partial charge on any atom is -0.450 e. The molecule has 1 rings (SSSR count). The highest BCUT2D eigenvalue weighted by atomic mass is 33.1. The van der Waals surface area contributed by atoms with Gasteiger partial charge in [0, 0.05) is 0 Å². The van der Waals surface area contributed by atoms with Crippen LogP contribution in [0, 0.1) is 0 Å². The second-order valence-electron chi connectivity index (χ2n) is 3.28. The van der Waals surface area contributed by atoms with E-state index in [1.165, 1.54) is 12.1 Å². The molecule has 114 valence electrons. The second kappa shape index (κ2) is 7.77. The molecule has 0 aromatic heterocycles. The summed E-state index contributed by atoms with van der Waals surface area (Å²) in [6, 6.07) is 3.53. The highest BCUT2D eigenvalue weighted by Gasteiger charge is 2.27. The van der Waals surface area contributed by atoms with Gasteiger partial charge in [0.05, 0.1) is 4.90 Å². The number of hydrogen-bond acceptors (Lipinski definition) is 4. The monoisotopic (exact) mass is 338 g/mol. The van der Waals surface area contributed by atoms with Gasteiger partial charge in [-0.3, -0.25) is 0 Å². The highest BCUT2D eigenvalue weighted by molar-refractivity contribution is 8.68. The van der Waals surface area contributed by atoms with Gasteiger partial charge in [-0.25, -0.2) is 17.6 Å². The summed E-state index contributed by atoms with van der Waals surface area (Å²) >= 11 is 3.76. The van der Waals surface area contributed by atoms with Gasteiger partial charge in [0.2, 0.25) is 0 Å². The number of thiol groups is 1. The second-order valence-corrected chi connectivity index (χ2v) is 4.45. The van der Waals surface area contributed by atoms with Gasteiger partial charge in [0.25, 0.3) is 12.7 Å². The molecule has 1 aromatic rings. The maximum absolute atomic E-state index is 12.9. The Hall–Kier alpha value is -0.900. The Morgan fingerprint density at radius 3 is 1.95 bits per heavy atom. The van der Waals surface area contributed by atoms with Crippen molar-refractivity contribution in [1.29, 1.82) is 0 Å². The lowest BCUT2D eigenvalue weighted by molar-refractivity contribution is -0.0816. The van der Waals surface area contributed by atoms with Crippen LogP contribution >= 0.6 is 22.5 Å². The fourth-order valence-corrected chi connectivity index (χ4v) is 1.92. The van der Waals surface area contributed by atoms with Gasteiger partial charge in [-0.15, -0.1) is 11.7 Å². The minimum absolute atomic E-state index is 0.00981. The van der Waals surface area contributed by atoms with E-state index in [1.54, 1.807) is 0 Å². The molecule has 0 spiro atoms. The summed E-state index contributed by atoms with van der Waals surface area (Å²) in [7, 11) is 0.667. The van der Waals surface area contributed by atoms with Crippen molar-refractivity contribution in [2.24, 2.45) is 0 Å². The van der Waals surface area contributed by atoms with Gasteiger partial charge in [-0.2, -0.15) is 8.78 Å². The molecule has 0 bridgehead atoms. The fraction of sp³-hybridized carbons (Fsp3) is 0.400. The van der Waals surface area contributed by atoms with Crippen molar-refractivity contribution < 1.29 is 35.8 Å². The molecule has 0 saturated carbocycles. The first kappa shape index (κ1) is 17.2. The predicted octanol–water partition coefficient (Wildman–Crippen LogP) is 4.50. The van der Waals surface area contributed by atoms with Crippen LogP contribution in [-0.2, 0) is 0 Å². The Labute approximate surface area is 119 Å². The minimum atomic E-state index is -3.46. The third-order valence-corrected chi connectivity index (χ3v) is 3.02. The first-order valence-corrected chi connectivity index (χ1v) is 6.86. The van der Waals surface area contributed by atoms with Gasteiger partial charge in [0.15, 0.2) is 11.5 Å². The fourth-order valence-electron chi connectivity index (χ4n) is 1.11. The lowest BCUT2D eigenvalue weighted by atomic mass is 10.3. The topological polar surface area (TPSA) is 18.5 Å². The number of alkyl halides is 6. The smallest absolute Gasteiger partial charge is 0.304 e. The molecule has 2 atom stereocenters. The molecule has 2 unspecified atom stereocenters. The van der Waals surface area contributed by atoms with Crippen molar-refractivity contribution in [2.75, 3.05) is 0 Å². The Balaban J connectivity index is 3.04. The summed E-state index contributed by atoms with van der Waals surface area (Å²) in [6.07, 6.45) is -12.9. The number of rotatable bonds is 7. The zero-order valence-corrected chi connectivity index (χ0v) is 11.2. The standard InChI is InChI=1S/C10H8F6O2S2/c11-7(12)9(15)17-4-2-1-3-5(20-19)6(4)18-10(16)8(13)14/h1-3,7-10,19H. The van der Waals surface area contributed by atoms with E-state index >= 15 is 0 Å². The highest BCUT2D eigenvalue weighted by Crippen LogP contribution is 2.41. The lowest BCUT2D eigenvalue weighted by Crippen LogP contribution is -2.23. The summed E-state index contributed by atoms with van der Waals surface area (Å²) in [5.41, 5.74) is 0. The van der Waals surface area contributed by atoms with E-state index in [0.717, 1.165) is 6.07 Å². The lowest BCUT2D eigenvalue weighted by Gasteiger charge is -2.18. The number of halogens is 6. The molecular weight excluding hydrogens is 330 g/mol. The average Bonchev–Trinajstić information content (AvgIpc) is 2.39. The van der Waals surface area contributed by atoms with E-state index in [-0.39, 0.29) is 4.90 Å². The molecule has 2 nitrogen and oxygen atoms in total. The SMILES string of the molecule is FC(F)C(F)Oc1cccc(SS)c1OC(F)C(F)F. The van der Waals surface area contributed by atoms with Crippen LogP contribution in [0.25, 0.3) is 0 Å². The van der Waals surface area contributed by atoms with Crippen molar-refractivity contribution in [3.8, 4) is 11.5 Å². The van der Waals surface area contributed by atoms with E-state index in [0.29, 0.717) is 10.8 Å². The van der Waals surface area contributed by atoms with E-state index < -0.39 is 37.1 Å².